The summed E-state index contributed by atoms with van der Waals surface area (Å²) in [6.45, 7) is 0.122. The lowest BCUT2D eigenvalue weighted by molar-refractivity contribution is -0.118. The molecule has 7 nitrogen and oxygen atoms in total. The fraction of sp³-hybridized carbons (Fsp3) is 0.158. The molecule has 1 heterocycles. The van der Waals surface area contributed by atoms with Crippen molar-refractivity contribution in [2.45, 2.75) is 10.8 Å². The molecule has 0 fully saturated rings. The van der Waals surface area contributed by atoms with E-state index < -0.39 is 11.7 Å². The second kappa shape index (κ2) is 9.99. The number of carbonyl (C=O) groups excluding carboxylic acids is 2. The highest BCUT2D eigenvalue weighted by Gasteiger charge is 2.18. The second-order valence-electron chi connectivity index (χ2n) is 5.89. The van der Waals surface area contributed by atoms with Crippen LogP contribution in [0.15, 0.2) is 58.9 Å². The van der Waals surface area contributed by atoms with Crippen LogP contribution in [-0.2, 0) is 9.59 Å². The first-order chi connectivity index (χ1) is 14.0. The molecule has 29 heavy (non-hydrogen) atoms. The van der Waals surface area contributed by atoms with Crippen LogP contribution in [-0.4, -0.2) is 34.3 Å². The van der Waals surface area contributed by atoms with E-state index >= 15 is 0 Å². The zero-order valence-corrected chi connectivity index (χ0v) is 16.9. The standard InChI is InChI=1S/C19H18FN5O2S2/c20-13-6-8-15(9-7-13)25(11-10-16(21)26)17(27)12-28-19-24-23-18(29-19)22-14-4-2-1-3-5-14/h1-9H,10-12H2,(H2,21,26)(H,22,23). The van der Waals surface area contributed by atoms with E-state index in [2.05, 4.69) is 15.5 Å². The second-order valence-corrected chi connectivity index (χ2v) is 8.09. The van der Waals surface area contributed by atoms with E-state index in [0.717, 1.165) is 5.69 Å². The minimum Gasteiger partial charge on any atom is -0.370 e. The molecule has 2 aromatic carbocycles. The number of aromatic nitrogens is 2. The van der Waals surface area contributed by atoms with E-state index in [0.29, 0.717) is 15.2 Å². The van der Waals surface area contributed by atoms with Gasteiger partial charge in [0.1, 0.15) is 5.82 Å². The van der Waals surface area contributed by atoms with E-state index in [1.807, 2.05) is 30.3 Å². The summed E-state index contributed by atoms with van der Waals surface area (Å²) >= 11 is 2.58. The molecule has 0 aliphatic heterocycles. The van der Waals surface area contributed by atoms with Crippen molar-refractivity contribution < 1.29 is 14.0 Å². The van der Waals surface area contributed by atoms with Gasteiger partial charge in [0.15, 0.2) is 4.34 Å². The van der Waals surface area contributed by atoms with Gasteiger partial charge in [0.25, 0.3) is 0 Å². The number of primary amides is 1. The molecule has 2 amide bonds. The minimum atomic E-state index is -0.515. The zero-order valence-electron chi connectivity index (χ0n) is 15.2. The first kappa shape index (κ1) is 20.7. The lowest BCUT2D eigenvalue weighted by Gasteiger charge is -2.22. The number of halogens is 1. The van der Waals surface area contributed by atoms with Crippen molar-refractivity contribution in [1.82, 2.24) is 10.2 Å². The molecule has 0 saturated heterocycles. The third-order valence-electron chi connectivity index (χ3n) is 3.77. The molecular formula is C19H18FN5O2S2. The quantitative estimate of drug-likeness (QED) is 0.504. The predicted octanol–water partition coefficient (Wildman–Crippen LogP) is 3.42. The SMILES string of the molecule is NC(=O)CCN(C(=O)CSc1nnc(Nc2ccccc2)s1)c1ccc(F)cc1. The fourth-order valence-corrected chi connectivity index (χ4v) is 4.05. The Morgan fingerprint density at radius 2 is 1.83 bits per heavy atom. The van der Waals surface area contributed by atoms with E-state index in [9.17, 15) is 14.0 Å². The number of nitrogens with zero attached hydrogens (tertiary/aromatic N) is 3. The molecule has 3 N–H and O–H groups in total. The van der Waals surface area contributed by atoms with Gasteiger partial charge in [0.2, 0.25) is 16.9 Å². The molecule has 10 heteroatoms. The van der Waals surface area contributed by atoms with Crippen LogP contribution in [0.25, 0.3) is 0 Å². The van der Waals surface area contributed by atoms with Crippen molar-refractivity contribution in [2.75, 3.05) is 22.5 Å². The largest absolute Gasteiger partial charge is 0.370 e. The van der Waals surface area contributed by atoms with Crippen LogP contribution in [0.1, 0.15) is 6.42 Å². The summed E-state index contributed by atoms with van der Waals surface area (Å²) in [7, 11) is 0. The van der Waals surface area contributed by atoms with Gasteiger partial charge in [-0.1, -0.05) is 41.3 Å². The zero-order chi connectivity index (χ0) is 20.6. The molecule has 1 aromatic heterocycles. The maximum Gasteiger partial charge on any atom is 0.237 e. The maximum atomic E-state index is 13.2. The molecule has 0 aliphatic carbocycles. The molecule has 0 spiro atoms. The Morgan fingerprint density at radius 1 is 1.10 bits per heavy atom. The normalized spacial score (nSPS) is 10.5. The number of thioether (sulfide) groups is 1. The van der Waals surface area contributed by atoms with Crippen molar-refractivity contribution in [3.63, 3.8) is 0 Å². The van der Waals surface area contributed by atoms with Gasteiger partial charge in [-0.3, -0.25) is 9.59 Å². The van der Waals surface area contributed by atoms with Gasteiger partial charge >= 0.3 is 0 Å². The molecule has 0 aliphatic rings. The molecule has 150 valence electrons. The average molecular weight is 432 g/mol. The van der Waals surface area contributed by atoms with Crippen molar-refractivity contribution in [2.24, 2.45) is 5.73 Å². The first-order valence-electron chi connectivity index (χ1n) is 8.64. The lowest BCUT2D eigenvalue weighted by Crippen LogP contribution is -2.35. The van der Waals surface area contributed by atoms with Gasteiger partial charge in [0, 0.05) is 24.3 Å². The third kappa shape index (κ3) is 6.26. The van der Waals surface area contributed by atoms with Crippen LogP contribution < -0.4 is 16.0 Å². The van der Waals surface area contributed by atoms with E-state index in [-0.39, 0.29) is 24.6 Å². The number of hydrogen-bond donors (Lipinski definition) is 2. The number of carbonyl (C=O) groups is 2. The van der Waals surface area contributed by atoms with E-state index in [1.165, 1.54) is 52.3 Å². The Kier molecular flexibility index (Phi) is 7.14. The molecule has 0 atom stereocenters. The number of anilines is 3. The van der Waals surface area contributed by atoms with E-state index in [1.54, 1.807) is 0 Å². The van der Waals surface area contributed by atoms with Gasteiger partial charge in [0.05, 0.1) is 5.75 Å². The molecule has 0 bridgehead atoms. The van der Waals surface area contributed by atoms with Gasteiger partial charge in [-0.15, -0.1) is 10.2 Å². The van der Waals surface area contributed by atoms with Crippen molar-refractivity contribution in [3.8, 4) is 0 Å². The summed E-state index contributed by atoms with van der Waals surface area (Å²) in [4.78, 5) is 25.3. The van der Waals surface area contributed by atoms with Crippen LogP contribution in [0.4, 0.5) is 20.9 Å². The maximum absolute atomic E-state index is 13.2. The van der Waals surface area contributed by atoms with Crippen molar-refractivity contribution in [1.29, 1.82) is 0 Å². The van der Waals surface area contributed by atoms with Gasteiger partial charge in [-0.25, -0.2) is 4.39 Å². The van der Waals surface area contributed by atoms with Gasteiger partial charge in [-0.2, -0.15) is 0 Å². The summed E-state index contributed by atoms with van der Waals surface area (Å²) in [6, 6.07) is 15.1. The predicted molar refractivity (Wildman–Crippen MR) is 113 cm³/mol. The number of para-hydroxylation sites is 1. The van der Waals surface area contributed by atoms with Crippen LogP contribution >= 0.6 is 23.1 Å². The highest BCUT2D eigenvalue weighted by Crippen LogP contribution is 2.28. The number of amides is 2. The first-order valence-corrected chi connectivity index (χ1v) is 10.4. The summed E-state index contributed by atoms with van der Waals surface area (Å²) in [5, 5.41) is 11.9. The fourth-order valence-electron chi connectivity index (χ4n) is 2.41. The molecule has 0 unspecified atom stereocenters. The Hall–Kier alpha value is -2.98. The summed E-state index contributed by atoms with van der Waals surface area (Å²) < 4.78 is 13.8. The Balaban J connectivity index is 1.62. The number of hydrogen-bond acceptors (Lipinski definition) is 7. The van der Waals surface area contributed by atoms with Crippen LogP contribution in [0.5, 0.6) is 0 Å². The van der Waals surface area contributed by atoms with Gasteiger partial charge in [-0.05, 0) is 36.4 Å². The molecular weight excluding hydrogens is 413 g/mol. The highest BCUT2D eigenvalue weighted by atomic mass is 32.2. The highest BCUT2D eigenvalue weighted by molar-refractivity contribution is 8.01. The van der Waals surface area contributed by atoms with Crippen LogP contribution in [0, 0.1) is 5.82 Å². The van der Waals surface area contributed by atoms with E-state index in [4.69, 9.17) is 5.73 Å². The summed E-state index contributed by atoms with van der Waals surface area (Å²) in [5.41, 5.74) is 6.60. The van der Waals surface area contributed by atoms with Crippen LogP contribution in [0.3, 0.4) is 0 Å². The smallest absolute Gasteiger partial charge is 0.237 e. The Labute approximate surface area is 175 Å². The number of rotatable bonds is 9. The number of benzene rings is 2. The van der Waals surface area contributed by atoms with Gasteiger partial charge < -0.3 is 16.0 Å². The number of nitrogens with one attached hydrogen (secondary N) is 1. The topological polar surface area (TPSA) is 101 Å². The molecule has 0 radical (unpaired) electrons. The summed E-state index contributed by atoms with van der Waals surface area (Å²) in [6.07, 6.45) is 0.0116. The molecule has 3 aromatic rings. The number of nitrogens with two attached hydrogens (primary N) is 1. The average Bonchev–Trinajstić information content (AvgIpc) is 3.15. The summed E-state index contributed by atoms with van der Waals surface area (Å²) in [5.74, 6) is -1.07. The Bertz CT molecular complexity index is 966. The lowest BCUT2D eigenvalue weighted by atomic mass is 10.2. The minimum absolute atomic E-state index is 0.0116. The van der Waals surface area contributed by atoms with Crippen molar-refractivity contribution in [3.05, 3.63) is 60.4 Å². The van der Waals surface area contributed by atoms with Crippen molar-refractivity contribution >= 4 is 51.4 Å². The monoisotopic (exact) mass is 431 g/mol. The molecule has 3 rings (SSSR count). The molecule has 0 saturated carbocycles. The van der Waals surface area contributed by atoms with Crippen LogP contribution in [0.2, 0.25) is 0 Å². The third-order valence-corrected chi connectivity index (χ3v) is 5.73. The Morgan fingerprint density at radius 3 is 2.52 bits per heavy atom.